The number of benzene rings is 4. The Hall–Kier alpha value is -4.11. The second-order valence-corrected chi connectivity index (χ2v) is 9.73. The number of carbonyl (C=O) groups excluding carboxylic acids is 1. The molecule has 0 fully saturated rings. The molecule has 0 aromatic heterocycles. The van der Waals surface area contributed by atoms with Crippen LogP contribution in [-0.2, 0) is 14.8 Å². The van der Waals surface area contributed by atoms with E-state index in [1.54, 1.807) is 0 Å². The number of amides is 1. The molecule has 4 rings (SSSR count). The van der Waals surface area contributed by atoms with Crippen LogP contribution in [-0.4, -0.2) is 41.1 Å². The third-order valence-electron chi connectivity index (χ3n) is 5.46. The number of carbonyl (C=O) groups is 1. The van der Waals surface area contributed by atoms with Gasteiger partial charge in [-0.1, -0.05) is 30.3 Å². The van der Waals surface area contributed by atoms with Gasteiger partial charge >= 0.3 is 0 Å². The van der Waals surface area contributed by atoms with Crippen molar-refractivity contribution in [1.82, 2.24) is 5.32 Å². The molecule has 0 aliphatic rings. The second kappa shape index (κ2) is 11.1. The van der Waals surface area contributed by atoms with Crippen molar-refractivity contribution in [2.45, 2.75) is 4.90 Å². The van der Waals surface area contributed by atoms with E-state index in [4.69, 9.17) is 9.47 Å². The second-order valence-electron chi connectivity index (χ2n) is 7.87. The Morgan fingerprint density at radius 1 is 0.889 bits per heavy atom. The Bertz CT molecular complexity index is 1440. The zero-order valence-corrected chi connectivity index (χ0v) is 20.4. The molecule has 1 amide bonds. The molecule has 0 spiro atoms. The maximum Gasteiger partial charge on any atom is 0.264 e. The molecule has 186 valence electrons. The number of rotatable bonds is 10. The van der Waals surface area contributed by atoms with Crippen molar-refractivity contribution in [1.29, 1.82) is 0 Å². The van der Waals surface area contributed by atoms with Gasteiger partial charge in [-0.05, 0) is 71.4 Å². The minimum Gasteiger partial charge on any atom is -0.497 e. The quantitative estimate of drug-likeness (QED) is 0.322. The van der Waals surface area contributed by atoms with E-state index in [-0.39, 0.29) is 23.7 Å². The fourth-order valence-corrected chi connectivity index (χ4v) is 5.02. The van der Waals surface area contributed by atoms with E-state index in [1.165, 1.54) is 43.5 Å². The van der Waals surface area contributed by atoms with Crippen LogP contribution in [0.5, 0.6) is 11.5 Å². The molecule has 4 aromatic rings. The van der Waals surface area contributed by atoms with E-state index in [1.807, 2.05) is 42.5 Å². The summed E-state index contributed by atoms with van der Waals surface area (Å²) in [5.74, 6) is 0.110. The number of hydrogen-bond acceptors (Lipinski definition) is 5. The highest BCUT2D eigenvalue weighted by molar-refractivity contribution is 7.92. The van der Waals surface area contributed by atoms with Crippen LogP contribution in [0.15, 0.2) is 95.9 Å². The van der Waals surface area contributed by atoms with E-state index in [9.17, 15) is 17.6 Å². The monoisotopic (exact) mass is 508 g/mol. The minimum atomic E-state index is -4.12. The van der Waals surface area contributed by atoms with Gasteiger partial charge in [0.15, 0.2) is 0 Å². The maximum atomic E-state index is 13.5. The van der Waals surface area contributed by atoms with Crippen molar-refractivity contribution >= 4 is 32.4 Å². The number of methoxy groups -OCH3 is 1. The maximum absolute atomic E-state index is 13.5. The molecule has 7 nitrogen and oxygen atoms in total. The average molecular weight is 509 g/mol. The van der Waals surface area contributed by atoms with Gasteiger partial charge in [-0.2, -0.15) is 0 Å². The smallest absolute Gasteiger partial charge is 0.264 e. The lowest BCUT2D eigenvalue weighted by molar-refractivity contribution is -0.119. The SMILES string of the molecule is COc1ccc(S(=O)(=O)N(CC(=O)NCCOc2ccc3ccccc3c2)c2ccc(F)cc2)cc1. The first-order valence-electron chi connectivity index (χ1n) is 11.2. The number of fused-ring (bicyclic) bond motifs is 1. The van der Waals surface area contributed by atoms with Crippen LogP contribution >= 0.6 is 0 Å². The number of hydrogen-bond donors (Lipinski definition) is 1. The standard InChI is InChI=1S/C27H25FN2O5S/c1-34-24-12-14-26(15-13-24)36(32,33)30(23-9-7-22(28)8-10-23)19-27(31)29-16-17-35-25-11-6-20-4-2-3-5-21(20)18-25/h2-15,18H,16-17,19H2,1H3,(H,29,31). The molecule has 1 N–H and O–H groups in total. The van der Waals surface area contributed by atoms with Crippen molar-refractivity contribution in [2.75, 3.05) is 31.1 Å². The lowest BCUT2D eigenvalue weighted by Gasteiger charge is -2.24. The van der Waals surface area contributed by atoms with Gasteiger partial charge in [-0.3, -0.25) is 9.10 Å². The molecule has 9 heteroatoms. The molecule has 0 saturated heterocycles. The van der Waals surface area contributed by atoms with Crippen molar-refractivity contribution in [3.63, 3.8) is 0 Å². The average Bonchev–Trinajstić information content (AvgIpc) is 2.90. The molecule has 0 bridgehead atoms. The van der Waals surface area contributed by atoms with Crippen LogP contribution < -0.4 is 19.1 Å². The van der Waals surface area contributed by atoms with E-state index in [0.717, 1.165) is 27.2 Å². The lowest BCUT2D eigenvalue weighted by Crippen LogP contribution is -2.41. The van der Waals surface area contributed by atoms with Gasteiger partial charge < -0.3 is 14.8 Å². The van der Waals surface area contributed by atoms with Crippen molar-refractivity contribution in [2.24, 2.45) is 0 Å². The normalized spacial score (nSPS) is 11.2. The largest absolute Gasteiger partial charge is 0.497 e. The number of anilines is 1. The number of nitrogens with zero attached hydrogens (tertiary/aromatic N) is 1. The molecule has 36 heavy (non-hydrogen) atoms. The Labute approximate surface area is 209 Å². The highest BCUT2D eigenvalue weighted by Gasteiger charge is 2.27. The van der Waals surface area contributed by atoms with Gasteiger partial charge in [0, 0.05) is 0 Å². The number of ether oxygens (including phenoxy) is 2. The fraction of sp³-hybridized carbons (Fsp3) is 0.148. The van der Waals surface area contributed by atoms with Gasteiger partial charge in [-0.25, -0.2) is 12.8 Å². The Morgan fingerprint density at radius 2 is 1.56 bits per heavy atom. The molecular formula is C27H25FN2O5S. The van der Waals surface area contributed by atoms with Gasteiger partial charge in [0.2, 0.25) is 5.91 Å². The highest BCUT2D eigenvalue weighted by Crippen LogP contribution is 2.25. The summed E-state index contributed by atoms with van der Waals surface area (Å²) in [5, 5.41) is 4.81. The molecule has 0 aliphatic heterocycles. The number of sulfonamides is 1. The summed E-state index contributed by atoms with van der Waals surface area (Å²) in [7, 11) is -2.64. The third-order valence-corrected chi connectivity index (χ3v) is 7.25. The first-order valence-corrected chi connectivity index (χ1v) is 12.6. The summed E-state index contributed by atoms with van der Waals surface area (Å²) in [6.45, 7) is -0.118. The highest BCUT2D eigenvalue weighted by atomic mass is 32.2. The third kappa shape index (κ3) is 5.92. The molecule has 0 radical (unpaired) electrons. The predicted octanol–water partition coefficient (Wildman–Crippen LogP) is 4.38. The zero-order valence-electron chi connectivity index (χ0n) is 19.6. The van der Waals surface area contributed by atoms with E-state index >= 15 is 0 Å². The molecule has 4 aromatic carbocycles. The van der Waals surface area contributed by atoms with Crippen LogP contribution in [0.2, 0.25) is 0 Å². The summed E-state index contributed by atoms with van der Waals surface area (Å²) < 4.78 is 51.9. The van der Waals surface area contributed by atoms with E-state index in [0.29, 0.717) is 11.5 Å². The Balaban J connectivity index is 1.42. The van der Waals surface area contributed by atoms with Crippen LogP contribution in [0.1, 0.15) is 0 Å². The van der Waals surface area contributed by atoms with Gasteiger partial charge in [0.05, 0.1) is 24.2 Å². The molecule has 0 heterocycles. The summed E-state index contributed by atoms with van der Waals surface area (Å²) in [6.07, 6.45) is 0. The molecule has 0 atom stereocenters. The van der Waals surface area contributed by atoms with Gasteiger partial charge in [-0.15, -0.1) is 0 Å². The van der Waals surface area contributed by atoms with Gasteiger partial charge in [0.1, 0.15) is 30.5 Å². The molecule has 0 aliphatic carbocycles. The van der Waals surface area contributed by atoms with E-state index < -0.39 is 28.3 Å². The topological polar surface area (TPSA) is 84.9 Å². The van der Waals surface area contributed by atoms with Crippen molar-refractivity contribution in [3.8, 4) is 11.5 Å². The van der Waals surface area contributed by atoms with Gasteiger partial charge in [0.25, 0.3) is 10.0 Å². The molecule has 0 saturated carbocycles. The van der Waals surface area contributed by atoms with Crippen molar-refractivity contribution in [3.05, 3.63) is 96.8 Å². The summed E-state index contributed by atoms with van der Waals surface area (Å²) in [4.78, 5) is 12.7. The fourth-order valence-electron chi connectivity index (χ4n) is 3.60. The summed E-state index contributed by atoms with van der Waals surface area (Å²) in [6, 6.07) is 24.3. The van der Waals surface area contributed by atoms with Crippen LogP contribution in [0.4, 0.5) is 10.1 Å². The first-order chi connectivity index (χ1) is 17.4. The zero-order chi connectivity index (χ0) is 25.5. The van der Waals surface area contributed by atoms with E-state index in [2.05, 4.69) is 5.32 Å². The van der Waals surface area contributed by atoms with Crippen LogP contribution in [0, 0.1) is 5.82 Å². The van der Waals surface area contributed by atoms with Crippen LogP contribution in [0.3, 0.4) is 0 Å². The summed E-state index contributed by atoms with van der Waals surface area (Å²) in [5.41, 5.74) is 0.162. The number of halogens is 1. The first kappa shape index (κ1) is 25.0. The molecule has 0 unspecified atom stereocenters. The Morgan fingerprint density at radius 3 is 2.25 bits per heavy atom. The lowest BCUT2D eigenvalue weighted by atomic mass is 10.1. The predicted molar refractivity (Wildman–Crippen MR) is 136 cm³/mol. The summed E-state index contributed by atoms with van der Waals surface area (Å²) >= 11 is 0. The number of nitrogens with one attached hydrogen (secondary N) is 1. The molecular weight excluding hydrogens is 483 g/mol. The Kier molecular flexibility index (Phi) is 7.70. The minimum absolute atomic E-state index is 0.0277. The van der Waals surface area contributed by atoms with Crippen LogP contribution in [0.25, 0.3) is 10.8 Å². The van der Waals surface area contributed by atoms with Crippen molar-refractivity contribution < 1.29 is 27.1 Å².